The number of likely N-dealkylation sites (N-methyl/N-ethyl adjacent to an activating group) is 1. The van der Waals surface area contributed by atoms with Crippen LogP contribution in [0.15, 0.2) is 48.5 Å². The number of hydrogen-bond donors (Lipinski definition) is 1. The van der Waals surface area contributed by atoms with Gasteiger partial charge in [-0.25, -0.2) is 0 Å². The summed E-state index contributed by atoms with van der Waals surface area (Å²) in [5, 5.41) is 2.79. The van der Waals surface area contributed by atoms with Crippen LogP contribution in [0.25, 0.3) is 0 Å². The van der Waals surface area contributed by atoms with Gasteiger partial charge < -0.3 is 10.2 Å². The zero-order valence-corrected chi connectivity index (χ0v) is 14.7. The summed E-state index contributed by atoms with van der Waals surface area (Å²) < 4.78 is 0. The van der Waals surface area contributed by atoms with Crippen molar-refractivity contribution in [2.45, 2.75) is 20.3 Å². The van der Waals surface area contributed by atoms with Crippen molar-refractivity contribution in [3.8, 4) is 0 Å². The van der Waals surface area contributed by atoms with Crippen molar-refractivity contribution >= 4 is 23.3 Å². The van der Waals surface area contributed by atoms with E-state index in [4.69, 9.17) is 0 Å². The molecule has 0 bridgehead atoms. The Balaban J connectivity index is 1.99. The molecule has 0 atom stereocenters. The van der Waals surface area contributed by atoms with Gasteiger partial charge in [-0.05, 0) is 25.0 Å². The molecule has 0 saturated carbocycles. The molecule has 0 saturated heterocycles. The predicted molar refractivity (Wildman–Crippen MR) is 97.6 cm³/mol. The van der Waals surface area contributed by atoms with Gasteiger partial charge in [-0.15, -0.1) is 0 Å². The minimum Gasteiger partial charge on any atom is -0.330 e. The first-order valence-corrected chi connectivity index (χ1v) is 8.16. The summed E-state index contributed by atoms with van der Waals surface area (Å²) >= 11 is 0. The van der Waals surface area contributed by atoms with E-state index in [1.54, 1.807) is 24.3 Å². The molecule has 5 nitrogen and oxygen atoms in total. The van der Waals surface area contributed by atoms with Gasteiger partial charge in [0.15, 0.2) is 0 Å². The quantitative estimate of drug-likeness (QED) is 0.650. The number of Topliss-reactive ketones (excluding diaryl/α,β-unsaturated/α-hetero) is 1. The van der Waals surface area contributed by atoms with Gasteiger partial charge in [0.25, 0.3) is 5.91 Å². The maximum atomic E-state index is 12.2. The number of amides is 2. The second-order valence-electron chi connectivity index (χ2n) is 5.92. The number of benzene rings is 2. The average molecular weight is 338 g/mol. The number of nitrogens with one attached hydrogen (secondary N) is 1. The van der Waals surface area contributed by atoms with Gasteiger partial charge in [0.1, 0.15) is 0 Å². The van der Waals surface area contributed by atoms with Crippen LogP contribution < -0.4 is 5.32 Å². The van der Waals surface area contributed by atoms with Crippen molar-refractivity contribution in [1.82, 2.24) is 4.90 Å². The third-order valence-electron chi connectivity index (χ3n) is 3.91. The molecule has 5 heteroatoms. The van der Waals surface area contributed by atoms with Crippen LogP contribution >= 0.6 is 0 Å². The molecule has 2 rings (SSSR count). The van der Waals surface area contributed by atoms with E-state index >= 15 is 0 Å². The Morgan fingerprint density at radius 1 is 1.00 bits per heavy atom. The number of carbonyl (C=O) groups is 3. The van der Waals surface area contributed by atoms with Crippen molar-refractivity contribution in [2.75, 3.05) is 18.9 Å². The van der Waals surface area contributed by atoms with E-state index in [0.717, 1.165) is 28.1 Å². The Morgan fingerprint density at radius 3 is 2.28 bits per heavy atom. The number of nitrogens with zero attached hydrogens (tertiary/aromatic N) is 1. The molecule has 0 radical (unpaired) electrons. The van der Waals surface area contributed by atoms with Gasteiger partial charge >= 0.3 is 0 Å². The van der Waals surface area contributed by atoms with E-state index in [9.17, 15) is 14.4 Å². The van der Waals surface area contributed by atoms with Crippen LogP contribution in [0.5, 0.6) is 0 Å². The molecule has 1 N–H and O–H groups in total. The molecule has 2 aromatic carbocycles. The normalized spacial score (nSPS) is 10.2. The average Bonchev–Trinajstić information content (AvgIpc) is 2.61. The number of rotatable bonds is 6. The molecular weight excluding hydrogens is 316 g/mol. The second kappa shape index (κ2) is 8.24. The fourth-order valence-corrected chi connectivity index (χ4v) is 2.43. The second-order valence-corrected chi connectivity index (χ2v) is 5.92. The molecule has 0 aliphatic carbocycles. The first-order valence-electron chi connectivity index (χ1n) is 8.16. The fourth-order valence-electron chi connectivity index (χ4n) is 2.43. The molecule has 0 fully saturated rings. The summed E-state index contributed by atoms with van der Waals surface area (Å²) in [6.07, 6.45) is 0.789. The lowest BCUT2D eigenvalue weighted by molar-refractivity contribution is -0.129. The summed E-state index contributed by atoms with van der Waals surface area (Å²) in [4.78, 5) is 37.8. The molecule has 0 unspecified atom stereocenters. The number of anilines is 1. The first-order chi connectivity index (χ1) is 11.9. The van der Waals surface area contributed by atoms with E-state index < -0.39 is 11.7 Å². The van der Waals surface area contributed by atoms with Crippen LogP contribution in [0.1, 0.15) is 28.4 Å². The van der Waals surface area contributed by atoms with Crippen molar-refractivity contribution in [1.29, 1.82) is 0 Å². The van der Waals surface area contributed by atoms with Crippen molar-refractivity contribution in [3.05, 3.63) is 65.2 Å². The van der Waals surface area contributed by atoms with E-state index in [0.29, 0.717) is 5.56 Å². The smallest absolute Gasteiger partial charge is 0.295 e. The monoisotopic (exact) mass is 338 g/mol. The van der Waals surface area contributed by atoms with E-state index in [2.05, 4.69) is 5.32 Å². The maximum absolute atomic E-state index is 12.2. The van der Waals surface area contributed by atoms with Crippen LogP contribution in [0.2, 0.25) is 0 Å². The summed E-state index contributed by atoms with van der Waals surface area (Å²) in [7, 11) is 1.44. The lowest BCUT2D eigenvalue weighted by Crippen LogP contribution is -2.39. The van der Waals surface area contributed by atoms with Crippen LogP contribution in [0.4, 0.5) is 5.69 Å². The highest BCUT2D eigenvalue weighted by Gasteiger charge is 2.22. The highest BCUT2D eigenvalue weighted by molar-refractivity contribution is 6.42. The summed E-state index contributed by atoms with van der Waals surface area (Å²) in [5.74, 6) is -1.67. The Hall–Kier alpha value is -2.95. The molecule has 0 aliphatic heterocycles. The molecule has 25 heavy (non-hydrogen) atoms. The van der Waals surface area contributed by atoms with E-state index in [1.165, 1.54) is 7.05 Å². The van der Waals surface area contributed by atoms with Gasteiger partial charge in [0.2, 0.25) is 11.7 Å². The van der Waals surface area contributed by atoms with Gasteiger partial charge in [0.05, 0.1) is 6.54 Å². The molecule has 0 aliphatic rings. The number of hydrogen-bond acceptors (Lipinski definition) is 3. The highest BCUT2D eigenvalue weighted by atomic mass is 16.2. The van der Waals surface area contributed by atoms with Gasteiger partial charge in [0, 0.05) is 18.3 Å². The summed E-state index contributed by atoms with van der Waals surface area (Å²) in [5.41, 5.74) is 3.06. The molecule has 130 valence electrons. The van der Waals surface area contributed by atoms with Crippen molar-refractivity contribution in [3.63, 3.8) is 0 Å². The van der Waals surface area contributed by atoms with Crippen LogP contribution in [-0.2, 0) is 16.0 Å². The Kier molecular flexibility index (Phi) is 6.06. The number of ketones is 1. The Morgan fingerprint density at radius 2 is 1.64 bits per heavy atom. The minimum absolute atomic E-state index is 0.186. The van der Waals surface area contributed by atoms with Gasteiger partial charge in [-0.1, -0.05) is 55.0 Å². The lowest BCUT2D eigenvalue weighted by atomic mass is 10.1. The number of carbonyl (C=O) groups excluding carboxylic acids is 3. The zero-order valence-electron chi connectivity index (χ0n) is 14.7. The standard InChI is InChI=1S/C20H22N2O3/c1-4-15-7-5-6-8-17(15)21-18(23)13-22(3)20(25)19(24)16-11-9-14(2)10-12-16/h5-12H,4,13H2,1-3H3,(H,21,23). The molecule has 2 aromatic rings. The predicted octanol–water partition coefficient (Wildman–Crippen LogP) is 2.84. The molecule has 0 spiro atoms. The molecule has 2 amide bonds. The van der Waals surface area contributed by atoms with Gasteiger partial charge in [-0.3, -0.25) is 14.4 Å². The van der Waals surface area contributed by atoms with Crippen molar-refractivity contribution < 1.29 is 14.4 Å². The fraction of sp³-hybridized carbons (Fsp3) is 0.250. The summed E-state index contributed by atoms with van der Waals surface area (Å²) in [6, 6.07) is 14.3. The topological polar surface area (TPSA) is 66.5 Å². The van der Waals surface area contributed by atoms with Gasteiger partial charge in [-0.2, -0.15) is 0 Å². The van der Waals surface area contributed by atoms with Crippen molar-refractivity contribution in [2.24, 2.45) is 0 Å². The third-order valence-corrected chi connectivity index (χ3v) is 3.91. The highest BCUT2D eigenvalue weighted by Crippen LogP contribution is 2.15. The van der Waals surface area contributed by atoms with E-state index in [-0.39, 0.29) is 12.5 Å². The first kappa shape index (κ1) is 18.4. The lowest BCUT2D eigenvalue weighted by Gasteiger charge is -2.17. The SMILES string of the molecule is CCc1ccccc1NC(=O)CN(C)C(=O)C(=O)c1ccc(C)cc1. The number of para-hydroxylation sites is 1. The van der Waals surface area contributed by atoms with Crippen LogP contribution in [0, 0.1) is 6.92 Å². The van der Waals surface area contributed by atoms with E-state index in [1.807, 2.05) is 38.1 Å². The molecular formula is C20H22N2O3. The van der Waals surface area contributed by atoms with Crippen LogP contribution in [-0.4, -0.2) is 36.1 Å². The molecule has 0 aromatic heterocycles. The van der Waals surface area contributed by atoms with Crippen LogP contribution in [0.3, 0.4) is 0 Å². The minimum atomic E-state index is -0.706. The summed E-state index contributed by atoms with van der Waals surface area (Å²) in [6.45, 7) is 3.72. The Bertz CT molecular complexity index is 782. The zero-order chi connectivity index (χ0) is 18.4. The third kappa shape index (κ3) is 4.76. The Labute approximate surface area is 147 Å². The molecule has 0 heterocycles. The number of aryl methyl sites for hydroxylation is 2. The maximum Gasteiger partial charge on any atom is 0.295 e. The largest absolute Gasteiger partial charge is 0.330 e.